The second-order valence-corrected chi connectivity index (χ2v) is 2.99. The highest BCUT2D eigenvalue weighted by molar-refractivity contribution is 6.44. The first-order valence-corrected chi connectivity index (χ1v) is 4.51. The van der Waals surface area contributed by atoms with E-state index in [2.05, 4.69) is 20.0 Å². The Morgan fingerprint density at radius 2 is 1.31 bits per heavy atom. The van der Waals surface area contributed by atoms with E-state index in [0.717, 1.165) is 44.0 Å². The largest absolute Gasteiger partial charge is 0.289 e. The van der Waals surface area contributed by atoms with Crippen molar-refractivity contribution in [3.63, 3.8) is 0 Å². The topological polar surface area (TPSA) is 49.4 Å². The third-order valence-corrected chi connectivity index (χ3v) is 1.93. The summed E-state index contributed by atoms with van der Waals surface area (Å²) in [5, 5.41) is 0. The van der Waals surface area contributed by atoms with Crippen LogP contribution in [0.1, 0.15) is 6.42 Å². The molecule has 0 unspecified atom stereocenters. The average molecular weight is 176 g/mol. The van der Waals surface area contributed by atoms with Gasteiger partial charge in [-0.25, -0.2) is 0 Å². The van der Waals surface area contributed by atoms with Crippen LogP contribution in [0.5, 0.6) is 0 Å². The predicted octanol–water partition coefficient (Wildman–Crippen LogP) is 0.427. The highest BCUT2D eigenvalue weighted by atomic mass is 14.9. The van der Waals surface area contributed by atoms with E-state index in [0.29, 0.717) is 0 Å². The van der Waals surface area contributed by atoms with Gasteiger partial charge in [0, 0.05) is 18.9 Å². The lowest BCUT2D eigenvalue weighted by atomic mass is 10.2. The van der Waals surface area contributed by atoms with Crippen molar-refractivity contribution in [3.05, 3.63) is 0 Å². The van der Waals surface area contributed by atoms with E-state index in [-0.39, 0.29) is 0 Å². The molecule has 0 aromatic heterocycles. The first kappa shape index (κ1) is 8.29. The minimum Gasteiger partial charge on any atom is -0.289 e. The van der Waals surface area contributed by atoms with Crippen molar-refractivity contribution in [2.45, 2.75) is 6.42 Å². The zero-order valence-electron chi connectivity index (χ0n) is 7.48. The van der Waals surface area contributed by atoms with E-state index < -0.39 is 0 Å². The van der Waals surface area contributed by atoms with Crippen molar-refractivity contribution < 1.29 is 0 Å². The summed E-state index contributed by atoms with van der Waals surface area (Å²) in [5.74, 6) is 0. The molecule has 0 radical (unpaired) electrons. The first-order chi connectivity index (χ1) is 6.45. The van der Waals surface area contributed by atoms with Gasteiger partial charge in [-0.15, -0.1) is 0 Å². The number of hydrogen-bond donors (Lipinski definition) is 0. The van der Waals surface area contributed by atoms with Gasteiger partial charge < -0.3 is 0 Å². The van der Waals surface area contributed by atoms with E-state index >= 15 is 0 Å². The van der Waals surface area contributed by atoms with Crippen molar-refractivity contribution >= 4 is 23.9 Å². The summed E-state index contributed by atoms with van der Waals surface area (Å²) in [6.07, 6.45) is 4.50. The minimum atomic E-state index is 0.753. The van der Waals surface area contributed by atoms with Crippen molar-refractivity contribution in [1.29, 1.82) is 0 Å². The van der Waals surface area contributed by atoms with Crippen LogP contribution < -0.4 is 0 Å². The summed E-state index contributed by atoms with van der Waals surface area (Å²) in [6, 6.07) is 0. The second-order valence-electron chi connectivity index (χ2n) is 2.99. The molecule has 0 aliphatic carbocycles. The van der Waals surface area contributed by atoms with Crippen LogP contribution in [-0.2, 0) is 0 Å². The van der Waals surface area contributed by atoms with Gasteiger partial charge in [0.1, 0.15) is 0 Å². The van der Waals surface area contributed by atoms with Gasteiger partial charge in [-0.3, -0.25) is 20.0 Å². The molecule has 2 heterocycles. The first-order valence-electron chi connectivity index (χ1n) is 4.51. The van der Waals surface area contributed by atoms with Gasteiger partial charge >= 0.3 is 0 Å². The summed E-state index contributed by atoms with van der Waals surface area (Å²) in [6.45, 7) is 3.06. The molecule has 0 spiro atoms. The summed E-state index contributed by atoms with van der Waals surface area (Å²) >= 11 is 0. The molecule has 2 aliphatic rings. The van der Waals surface area contributed by atoms with Crippen LogP contribution in [0.2, 0.25) is 0 Å². The van der Waals surface area contributed by atoms with Gasteiger partial charge in [0.25, 0.3) is 0 Å². The van der Waals surface area contributed by atoms with Gasteiger partial charge in [-0.2, -0.15) is 0 Å². The highest BCUT2D eigenvalue weighted by Gasteiger charge is 2.05. The lowest BCUT2D eigenvalue weighted by Crippen LogP contribution is -2.08. The van der Waals surface area contributed by atoms with Gasteiger partial charge in [0.05, 0.1) is 37.6 Å². The fourth-order valence-electron chi connectivity index (χ4n) is 1.31. The molecule has 68 valence electrons. The van der Waals surface area contributed by atoms with E-state index in [4.69, 9.17) is 0 Å². The van der Waals surface area contributed by atoms with Gasteiger partial charge in [-0.05, 0) is 0 Å². The summed E-state index contributed by atoms with van der Waals surface area (Å²) < 4.78 is 0. The maximum Gasteiger partial charge on any atom is 0.0589 e. The second kappa shape index (κ2) is 4.07. The van der Waals surface area contributed by atoms with Crippen molar-refractivity contribution in [3.8, 4) is 0 Å². The molecule has 0 saturated heterocycles. The van der Waals surface area contributed by atoms with Crippen molar-refractivity contribution in [2.24, 2.45) is 20.0 Å². The Kier molecular flexibility index (Phi) is 2.59. The Labute approximate surface area is 77.2 Å². The minimum absolute atomic E-state index is 0.753. The number of fused-ring (bicyclic) bond motifs is 2. The van der Waals surface area contributed by atoms with Crippen LogP contribution in [0.25, 0.3) is 0 Å². The number of aliphatic imine (C=N–C) groups is 4. The van der Waals surface area contributed by atoms with E-state index in [1.165, 1.54) is 0 Å². The normalized spacial score (nSPS) is 22.2. The fraction of sp³-hybridized carbons (Fsp3) is 0.556. The molecule has 0 amide bonds. The van der Waals surface area contributed by atoms with Crippen LogP contribution in [0.3, 0.4) is 0 Å². The zero-order valence-corrected chi connectivity index (χ0v) is 7.48. The molecule has 13 heavy (non-hydrogen) atoms. The quantitative estimate of drug-likeness (QED) is 0.514. The molecule has 4 nitrogen and oxygen atoms in total. The molecular formula is C9H12N4. The molecule has 4 heteroatoms. The Balaban J connectivity index is 2.26. The summed E-state index contributed by atoms with van der Waals surface area (Å²) in [7, 11) is 0. The maximum absolute atomic E-state index is 4.38. The van der Waals surface area contributed by atoms with E-state index in [9.17, 15) is 0 Å². The monoisotopic (exact) mass is 176 g/mol. The van der Waals surface area contributed by atoms with Crippen LogP contribution in [0, 0.1) is 0 Å². The third kappa shape index (κ3) is 2.31. The third-order valence-electron chi connectivity index (χ3n) is 1.93. The average Bonchev–Trinajstić information content (AvgIpc) is 2.27. The van der Waals surface area contributed by atoms with Crippen LogP contribution in [0.15, 0.2) is 20.0 Å². The van der Waals surface area contributed by atoms with Gasteiger partial charge in [0.15, 0.2) is 0 Å². The molecule has 0 N–H and O–H groups in total. The van der Waals surface area contributed by atoms with E-state index in [1.54, 1.807) is 0 Å². The Hall–Kier alpha value is -1.32. The number of rotatable bonds is 0. The number of hydrogen-bond acceptors (Lipinski definition) is 4. The molecular weight excluding hydrogens is 164 g/mol. The molecule has 0 fully saturated rings. The zero-order chi connectivity index (χ0) is 8.93. The lowest BCUT2D eigenvalue weighted by Gasteiger charge is -1.95. The maximum atomic E-state index is 4.38. The summed E-state index contributed by atoms with van der Waals surface area (Å²) in [4.78, 5) is 17.2. The predicted molar refractivity (Wildman–Crippen MR) is 55.9 cm³/mol. The summed E-state index contributed by atoms with van der Waals surface area (Å²) in [5.41, 5.74) is 2.06. The molecule has 0 saturated carbocycles. The van der Waals surface area contributed by atoms with Gasteiger partial charge in [-0.1, -0.05) is 0 Å². The molecule has 0 atom stereocenters. The van der Waals surface area contributed by atoms with Crippen molar-refractivity contribution in [2.75, 3.05) is 26.2 Å². The van der Waals surface area contributed by atoms with Gasteiger partial charge in [0.2, 0.25) is 0 Å². The molecule has 2 bridgehead atoms. The lowest BCUT2D eigenvalue weighted by molar-refractivity contribution is 0.977. The molecule has 0 aromatic carbocycles. The fourth-order valence-corrected chi connectivity index (χ4v) is 1.31. The SMILES string of the molecule is C1=NCCN=CC2=NCCN=C1C2. The van der Waals surface area contributed by atoms with Crippen LogP contribution >= 0.6 is 0 Å². The highest BCUT2D eigenvalue weighted by Crippen LogP contribution is 1.97. The van der Waals surface area contributed by atoms with Crippen molar-refractivity contribution in [1.82, 2.24) is 0 Å². The Morgan fingerprint density at radius 1 is 0.769 bits per heavy atom. The smallest absolute Gasteiger partial charge is 0.0589 e. The molecule has 0 aromatic rings. The van der Waals surface area contributed by atoms with Crippen LogP contribution in [0.4, 0.5) is 0 Å². The van der Waals surface area contributed by atoms with Crippen LogP contribution in [-0.4, -0.2) is 50.0 Å². The molecule has 2 rings (SSSR count). The Morgan fingerprint density at radius 3 is 1.85 bits per heavy atom. The Bertz CT molecular complexity index is 269. The standard InChI is InChI=1S/C9H12N4/c1-2-11-7-9-5-8(6-10-1)12-3-4-13-9/h6-7H,1-5H2. The van der Waals surface area contributed by atoms with E-state index in [1.807, 2.05) is 12.4 Å². The molecule has 2 aliphatic heterocycles. The number of nitrogens with zero attached hydrogens (tertiary/aromatic N) is 4.